The normalized spacial score (nSPS) is 18.9. The van der Waals surface area contributed by atoms with Crippen LogP contribution in [0.1, 0.15) is 23.7 Å². The highest BCUT2D eigenvalue weighted by atomic mass is 15.2. The lowest BCUT2D eigenvalue weighted by Crippen LogP contribution is -2.23. The van der Waals surface area contributed by atoms with Gasteiger partial charge in [-0.15, -0.1) is 0 Å². The fourth-order valence-corrected chi connectivity index (χ4v) is 2.24. The van der Waals surface area contributed by atoms with Gasteiger partial charge in [0.05, 0.1) is 11.7 Å². The van der Waals surface area contributed by atoms with Crippen LogP contribution in [-0.4, -0.2) is 21.1 Å². The van der Waals surface area contributed by atoms with E-state index in [2.05, 4.69) is 32.1 Å². The minimum Gasteiger partial charge on any atom is -0.356 e. The van der Waals surface area contributed by atoms with Gasteiger partial charge in [0.25, 0.3) is 0 Å². The lowest BCUT2D eigenvalue weighted by atomic mass is 10.0. The molecule has 0 saturated heterocycles. The lowest BCUT2D eigenvalue weighted by Gasteiger charge is -2.26. The number of aryl methyl sites for hydroxylation is 1. The van der Waals surface area contributed by atoms with E-state index in [1.807, 2.05) is 25.4 Å². The summed E-state index contributed by atoms with van der Waals surface area (Å²) >= 11 is 0. The monoisotopic (exact) mass is 214 g/mol. The molecule has 0 amide bonds. The summed E-state index contributed by atoms with van der Waals surface area (Å²) in [4.78, 5) is 8.64. The van der Waals surface area contributed by atoms with Gasteiger partial charge in [0.15, 0.2) is 0 Å². The Hall–Kier alpha value is -1.84. The van der Waals surface area contributed by atoms with Crippen LogP contribution in [0, 0.1) is 6.92 Å². The van der Waals surface area contributed by atoms with Crippen molar-refractivity contribution in [2.24, 2.45) is 0 Å². The van der Waals surface area contributed by atoms with Gasteiger partial charge in [0.2, 0.25) is 5.95 Å². The third-order valence-electron chi connectivity index (χ3n) is 2.96. The van der Waals surface area contributed by atoms with Crippen molar-refractivity contribution in [2.45, 2.75) is 19.4 Å². The Morgan fingerprint density at radius 1 is 1.50 bits per heavy atom. The van der Waals surface area contributed by atoms with Crippen molar-refractivity contribution in [2.75, 3.05) is 11.9 Å². The van der Waals surface area contributed by atoms with Crippen molar-refractivity contribution in [3.8, 4) is 0 Å². The van der Waals surface area contributed by atoms with E-state index < -0.39 is 0 Å². The van der Waals surface area contributed by atoms with Crippen LogP contribution in [-0.2, 0) is 0 Å². The first-order valence-corrected chi connectivity index (χ1v) is 5.54. The molecule has 0 spiro atoms. The number of hydrogen-bond donors (Lipinski definition) is 1. The van der Waals surface area contributed by atoms with Gasteiger partial charge in [0.1, 0.15) is 0 Å². The van der Waals surface area contributed by atoms with E-state index in [0.29, 0.717) is 6.04 Å². The number of rotatable bonds is 1. The van der Waals surface area contributed by atoms with Gasteiger partial charge in [-0.05, 0) is 25.0 Å². The minimum atomic E-state index is 0.367. The Labute approximate surface area is 94.4 Å². The molecule has 1 N–H and O–H groups in total. The van der Waals surface area contributed by atoms with Crippen LogP contribution >= 0.6 is 0 Å². The fraction of sp³-hybridized carbons (Fsp3) is 0.333. The van der Waals surface area contributed by atoms with E-state index in [1.165, 1.54) is 5.56 Å². The highest BCUT2D eigenvalue weighted by molar-refractivity contribution is 5.35. The molecular weight excluding hydrogens is 200 g/mol. The van der Waals surface area contributed by atoms with Crippen molar-refractivity contribution in [3.05, 3.63) is 42.0 Å². The van der Waals surface area contributed by atoms with Gasteiger partial charge in [-0.2, -0.15) is 0 Å². The lowest BCUT2D eigenvalue weighted by molar-refractivity contribution is 0.529. The number of pyridine rings is 1. The third kappa shape index (κ3) is 1.46. The van der Waals surface area contributed by atoms with Crippen LogP contribution in [0.2, 0.25) is 0 Å². The van der Waals surface area contributed by atoms with E-state index in [-0.39, 0.29) is 0 Å². The Morgan fingerprint density at radius 3 is 3.25 bits per heavy atom. The van der Waals surface area contributed by atoms with Crippen LogP contribution in [0.15, 0.2) is 30.7 Å². The molecular formula is C12H14N4. The zero-order valence-electron chi connectivity index (χ0n) is 9.22. The highest BCUT2D eigenvalue weighted by Crippen LogP contribution is 2.28. The zero-order chi connectivity index (χ0) is 11.0. The summed E-state index contributed by atoms with van der Waals surface area (Å²) in [6.07, 6.45) is 6.92. The molecule has 1 aliphatic heterocycles. The van der Waals surface area contributed by atoms with Gasteiger partial charge in [-0.3, -0.25) is 4.98 Å². The van der Waals surface area contributed by atoms with Crippen LogP contribution in [0.4, 0.5) is 5.95 Å². The first-order valence-electron chi connectivity index (χ1n) is 5.54. The van der Waals surface area contributed by atoms with Crippen molar-refractivity contribution in [1.82, 2.24) is 14.5 Å². The summed E-state index contributed by atoms with van der Waals surface area (Å²) < 4.78 is 2.20. The van der Waals surface area contributed by atoms with Crippen molar-refractivity contribution in [1.29, 1.82) is 0 Å². The molecule has 1 aliphatic rings. The molecule has 2 aromatic heterocycles. The predicted octanol–water partition coefficient (Wildman–Crippen LogP) is 1.99. The second-order valence-electron chi connectivity index (χ2n) is 4.13. The summed E-state index contributed by atoms with van der Waals surface area (Å²) in [5, 5.41) is 3.31. The molecule has 16 heavy (non-hydrogen) atoms. The van der Waals surface area contributed by atoms with Crippen molar-refractivity contribution in [3.63, 3.8) is 0 Å². The van der Waals surface area contributed by atoms with Crippen LogP contribution in [0.3, 0.4) is 0 Å². The average molecular weight is 214 g/mol. The maximum atomic E-state index is 4.46. The van der Waals surface area contributed by atoms with Crippen molar-refractivity contribution >= 4 is 5.95 Å². The standard InChI is InChI=1S/C12H14N4/c1-9-8-16-11(4-6-14-12(16)15-9)10-3-2-5-13-7-10/h2-3,5,7-8,11H,4,6H2,1H3,(H,14,15). The molecule has 2 aromatic rings. The molecule has 0 saturated carbocycles. The fourth-order valence-electron chi connectivity index (χ4n) is 2.24. The van der Waals surface area contributed by atoms with Gasteiger partial charge < -0.3 is 9.88 Å². The predicted molar refractivity (Wildman–Crippen MR) is 62.4 cm³/mol. The van der Waals surface area contributed by atoms with E-state index in [4.69, 9.17) is 0 Å². The number of fused-ring (bicyclic) bond motifs is 1. The zero-order valence-corrected chi connectivity index (χ0v) is 9.22. The molecule has 0 aromatic carbocycles. The van der Waals surface area contributed by atoms with Crippen LogP contribution in [0.25, 0.3) is 0 Å². The number of nitrogens with zero attached hydrogens (tertiary/aromatic N) is 3. The molecule has 4 nitrogen and oxygen atoms in total. The Bertz CT molecular complexity index is 489. The van der Waals surface area contributed by atoms with E-state index in [0.717, 1.165) is 24.6 Å². The summed E-state index contributed by atoms with van der Waals surface area (Å²) in [5.74, 6) is 0.970. The second-order valence-corrected chi connectivity index (χ2v) is 4.13. The van der Waals surface area contributed by atoms with Crippen LogP contribution in [0.5, 0.6) is 0 Å². The largest absolute Gasteiger partial charge is 0.356 e. The van der Waals surface area contributed by atoms with Gasteiger partial charge >= 0.3 is 0 Å². The maximum Gasteiger partial charge on any atom is 0.203 e. The molecule has 3 rings (SSSR count). The summed E-state index contributed by atoms with van der Waals surface area (Å²) in [6, 6.07) is 4.48. The number of aromatic nitrogens is 3. The smallest absolute Gasteiger partial charge is 0.203 e. The summed E-state index contributed by atoms with van der Waals surface area (Å²) in [5.41, 5.74) is 2.31. The summed E-state index contributed by atoms with van der Waals surface area (Å²) in [6.45, 7) is 2.99. The summed E-state index contributed by atoms with van der Waals surface area (Å²) in [7, 11) is 0. The number of imidazole rings is 1. The first kappa shape index (κ1) is 9.39. The Balaban J connectivity index is 2.05. The number of nitrogens with one attached hydrogen (secondary N) is 1. The third-order valence-corrected chi connectivity index (χ3v) is 2.96. The van der Waals surface area contributed by atoms with Gasteiger partial charge in [-0.1, -0.05) is 6.07 Å². The molecule has 82 valence electrons. The first-order chi connectivity index (χ1) is 7.84. The second kappa shape index (κ2) is 3.63. The number of hydrogen-bond acceptors (Lipinski definition) is 3. The molecule has 0 fully saturated rings. The molecule has 0 radical (unpaired) electrons. The quantitative estimate of drug-likeness (QED) is 0.789. The maximum absolute atomic E-state index is 4.46. The Kier molecular flexibility index (Phi) is 2.13. The molecule has 3 heterocycles. The molecule has 1 atom stereocenters. The molecule has 0 bridgehead atoms. The topological polar surface area (TPSA) is 42.7 Å². The van der Waals surface area contributed by atoms with E-state index in [9.17, 15) is 0 Å². The molecule has 1 unspecified atom stereocenters. The van der Waals surface area contributed by atoms with Gasteiger partial charge in [-0.25, -0.2) is 4.98 Å². The van der Waals surface area contributed by atoms with E-state index >= 15 is 0 Å². The molecule has 0 aliphatic carbocycles. The highest BCUT2D eigenvalue weighted by Gasteiger charge is 2.21. The van der Waals surface area contributed by atoms with Crippen LogP contribution < -0.4 is 5.32 Å². The van der Waals surface area contributed by atoms with E-state index in [1.54, 1.807) is 0 Å². The SMILES string of the molecule is Cc1cn2c(n1)NCCC2c1cccnc1. The Morgan fingerprint density at radius 2 is 2.44 bits per heavy atom. The van der Waals surface area contributed by atoms with Crippen molar-refractivity contribution < 1.29 is 0 Å². The minimum absolute atomic E-state index is 0.367. The van der Waals surface area contributed by atoms with Gasteiger partial charge in [0, 0.05) is 25.1 Å². The number of anilines is 1. The average Bonchev–Trinajstić information content (AvgIpc) is 2.70. The molecule has 4 heteroatoms.